The quantitative estimate of drug-likeness (QED) is 0.881. The van der Waals surface area contributed by atoms with Crippen LogP contribution >= 0.6 is 0 Å². The molecule has 1 aromatic heterocycles. The Labute approximate surface area is 107 Å². The van der Waals surface area contributed by atoms with Crippen molar-refractivity contribution in [1.29, 1.82) is 0 Å². The van der Waals surface area contributed by atoms with Gasteiger partial charge in [-0.2, -0.15) is 0 Å². The van der Waals surface area contributed by atoms with E-state index in [-0.39, 0.29) is 0 Å². The Balaban J connectivity index is 2.02. The average Bonchev–Trinajstić information content (AvgIpc) is 2.74. The molecule has 0 saturated carbocycles. The molecule has 2 heterocycles. The molecule has 1 saturated heterocycles. The number of piperidine rings is 1. The van der Waals surface area contributed by atoms with Gasteiger partial charge in [-0.25, -0.2) is 4.98 Å². The highest BCUT2D eigenvalue weighted by Gasteiger charge is 2.40. The molecule has 5 heteroatoms. The number of imidazole rings is 1. The lowest BCUT2D eigenvalue weighted by Crippen LogP contribution is -2.55. The van der Waals surface area contributed by atoms with Gasteiger partial charge in [0.25, 0.3) is 0 Å². The molecule has 5 nitrogen and oxygen atoms in total. The monoisotopic (exact) mass is 251 g/mol. The summed E-state index contributed by atoms with van der Waals surface area (Å²) in [4.78, 5) is 17.7. The van der Waals surface area contributed by atoms with Crippen LogP contribution in [-0.4, -0.2) is 44.2 Å². The zero-order valence-corrected chi connectivity index (χ0v) is 11.1. The second-order valence-corrected chi connectivity index (χ2v) is 5.19. The molecule has 0 amide bonds. The summed E-state index contributed by atoms with van der Waals surface area (Å²) in [6.45, 7) is 6.24. The lowest BCUT2D eigenvalue weighted by atomic mass is 9.88. The van der Waals surface area contributed by atoms with Gasteiger partial charge in [0, 0.05) is 25.5 Å². The van der Waals surface area contributed by atoms with E-state index in [1.165, 1.54) is 0 Å². The first-order chi connectivity index (χ1) is 8.54. The molecule has 0 bridgehead atoms. The van der Waals surface area contributed by atoms with Gasteiger partial charge in [0.2, 0.25) is 0 Å². The number of aromatic nitrogens is 2. The van der Waals surface area contributed by atoms with Crippen LogP contribution < -0.4 is 0 Å². The average molecular weight is 251 g/mol. The Morgan fingerprint density at radius 1 is 1.50 bits per heavy atom. The Bertz CT molecular complexity index is 430. The number of aryl methyl sites for hydroxylation is 1. The molecular formula is C13H21N3O2. The summed E-state index contributed by atoms with van der Waals surface area (Å²) in [6.07, 6.45) is 6.56. The van der Waals surface area contributed by atoms with Crippen LogP contribution in [0.4, 0.5) is 0 Å². The van der Waals surface area contributed by atoms with Crippen molar-refractivity contribution in [1.82, 2.24) is 14.5 Å². The van der Waals surface area contributed by atoms with Gasteiger partial charge in [0.15, 0.2) is 0 Å². The van der Waals surface area contributed by atoms with E-state index in [1.54, 1.807) is 6.20 Å². The number of rotatable bonds is 4. The van der Waals surface area contributed by atoms with Gasteiger partial charge in [-0.3, -0.25) is 9.69 Å². The molecule has 1 N–H and O–H groups in total. The smallest absolute Gasteiger partial charge is 0.323 e. The summed E-state index contributed by atoms with van der Waals surface area (Å²) >= 11 is 0. The van der Waals surface area contributed by atoms with E-state index in [4.69, 9.17) is 0 Å². The maximum absolute atomic E-state index is 11.5. The lowest BCUT2D eigenvalue weighted by molar-refractivity contribution is -0.153. The van der Waals surface area contributed by atoms with Gasteiger partial charge < -0.3 is 9.67 Å². The molecule has 0 aliphatic carbocycles. The summed E-state index contributed by atoms with van der Waals surface area (Å²) in [5, 5.41) is 9.42. The minimum Gasteiger partial charge on any atom is -0.480 e. The van der Waals surface area contributed by atoms with Crippen LogP contribution in [-0.2, 0) is 11.3 Å². The topological polar surface area (TPSA) is 58.4 Å². The lowest BCUT2D eigenvalue weighted by Gasteiger charge is -2.41. The number of hydrogen-bond donors (Lipinski definition) is 1. The van der Waals surface area contributed by atoms with Crippen molar-refractivity contribution in [2.24, 2.45) is 0 Å². The first-order valence-corrected chi connectivity index (χ1v) is 6.50. The van der Waals surface area contributed by atoms with Crippen LogP contribution in [0.25, 0.3) is 0 Å². The van der Waals surface area contributed by atoms with Gasteiger partial charge in [-0.05, 0) is 39.7 Å². The standard InChI is InChI=1S/C13H21N3O2/c1-11-14-6-8-15(11)9-10-16-7-4-3-5-13(16,2)12(17)18/h6,8H,3-5,7,9-10H2,1-2H3,(H,17,18). The molecule has 100 valence electrons. The Kier molecular flexibility index (Phi) is 3.71. The number of carboxylic acid groups (broad SMARTS) is 1. The number of nitrogens with zero attached hydrogens (tertiary/aromatic N) is 3. The first kappa shape index (κ1) is 13.1. The first-order valence-electron chi connectivity index (χ1n) is 6.50. The maximum Gasteiger partial charge on any atom is 0.323 e. The fourth-order valence-corrected chi connectivity index (χ4v) is 2.65. The summed E-state index contributed by atoms with van der Waals surface area (Å²) < 4.78 is 2.07. The van der Waals surface area contributed by atoms with Crippen LogP contribution in [0, 0.1) is 6.92 Å². The molecule has 1 aromatic rings. The van der Waals surface area contributed by atoms with Crippen molar-refractivity contribution in [3.05, 3.63) is 18.2 Å². The number of carbonyl (C=O) groups is 1. The summed E-state index contributed by atoms with van der Waals surface area (Å²) in [7, 11) is 0. The van der Waals surface area contributed by atoms with E-state index in [9.17, 15) is 9.90 Å². The van der Waals surface area contributed by atoms with E-state index in [0.29, 0.717) is 0 Å². The normalized spacial score (nSPS) is 25.2. The van der Waals surface area contributed by atoms with E-state index < -0.39 is 11.5 Å². The maximum atomic E-state index is 11.5. The predicted octanol–water partition coefficient (Wildman–Crippen LogP) is 1.52. The summed E-state index contributed by atoms with van der Waals surface area (Å²) in [6, 6.07) is 0. The van der Waals surface area contributed by atoms with Crippen LogP contribution in [0.2, 0.25) is 0 Å². The zero-order chi connectivity index (χ0) is 13.2. The van der Waals surface area contributed by atoms with Gasteiger partial charge in [0.1, 0.15) is 11.4 Å². The molecule has 18 heavy (non-hydrogen) atoms. The SMILES string of the molecule is Cc1nccn1CCN1CCCCC1(C)C(=O)O. The molecule has 0 aromatic carbocycles. The van der Waals surface area contributed by atoms with Crippen LogP contribution in [0.5, 0.6) is 0 Å². The Morgan fingerprint density at radius 3 is 2.89 bits per heavy atom. The van der Waals surface area contributed by atoms with Crippen molar-refractivity contribution in [3.8, 4) is 0 Å². The molecule has 1 atom stereocenters. The van der Waals surface area contributed by atoms with Crippen LogP contribution in [0.1, 0.15) is 32.0 Å². The molecule has 1 aliphatic rings. The third-order valence-electron chi connectivity index (χ3n) is 4.03. The van der Waals surface area contributed by atoms with Crippen molar-refractivity contribution in [2.75, 3.05) is 13.1 Å². The van der Waals surface area contributed by atoms with Crippen molar-refractivity contribution in [2.45, 2.75) is 45.2 Å². The highest BCUT2D eigenvalue weighted by Crippen LogP contribution is 2.28. The molecule has 2 rings (SSSR count). The highest BCUT2D eigenvalue weighted by atomic mass is 16.4. The zero-order valence-electron chi connectivity index (χ0n) is 11.1. The number of hydrogen-bond acceptors (Lipinski definition) is 3. The van der Waals surface area contributed by atoms with E-state index in [0.717, 1.165) is 44.7 Å². The number of likely N-dealkylation sites (tertiary alicyclic amines) is 1. The van der Waals surface area contributed by atoms with E-state index >= 15 is 0 Å². The highest BCUT2D eigenvalue weighted by molar-refractivity contribution is 5.78. The minimum absolute atomic E-state index is 0.702. The third-order valence-corrected chi connectivity index (χ3v) is 4.03. The van der Waals surface area contributed by atoms with Crippen molar-refractivity contribution in [3.63, 3.8) is 0 Å². The Morgan fingerprint density at radius 2 is 2.28 bits per heavy atom. The summed E-state index contributed by atoms with van der Waals surface area (Å²) in [5.74, 6) is 0.272. The van der Waals surface area contributed by atoms with Crippen molar-refractivity contribution >= 4 is 5.97 Å². The number of carboxylic acids is 1. The van der Waals surface area contributed by atoms with Gasteiger partial charge in [-0.15, -0.1) is 0 Å². The fraction of sp³-hybridized carbons (Fsp3) is 0.692. The molecule has 1 fully saturated rings. The van der Waals surface area contributed by atoms with Crippen LogP contribution in [0.3, 0.4) is 0 Å². The second-order valence-electron chi connectivity index (χ2n) is 5.19. The molecule has 1 aliphatic heterocycles. The Hall–Kier alpha value is -1.36. The molecule has 0 radical (unpaired) electrons. The van der Waals surface area contributed by atoms with E-state index in [1.807, 2.05) is 20.0 Å². The van der Waals surface area contributed by atoms with Crippen molar-refractivity contribution < 1.29 is 9.90 Å². The largest absolute Gasteiger partial charge is 0.480 e. The van der Waals surface area contributed by atoms with Gasteiger partial charge in [0.05, 0.1) is 0 Å². The van der Waals surface area contributed by atoms with Gasteiger partial charge in [-0.1, -0.05) is 0 Å². The van der Waals surface area contributed by atoms with E-state index in [2.05, 4.69) is 14.5 Å². The molecular weight excluding hydrogens is 230 g/mol. The summed E-state index contributed by atoms with van der Waals surface area (Å²) in [5.41, 5.74) is -0.702. The van der Waals surface area contributed by atoms with Gasteiger partial charge >= 0.3 is 5.97 Å². The number of aliphatic carboxylic acids is 1. The fourth-order valence-electron chi connectivity index (χ4n) is 2.65. The second kappa shape index (κ2) is 5.10. The molecule has 0 spiro atoms. The van der Waals surface area contributed by atoms with Crippen LogP contribution in [0.15, 0.2) is 12.4 Å². The third kappa shape index (κ3) is 2.41. The molecule has 1 unspecified atom stereocenters. The predicted molar refractivity (Wildman–Crippen MR) is 68.4 cm³/mol. The minimum atomic E-state index is -0.704.